The summed E-state index contributed by atoms with van der Waals surface area (Å²) in [6.45, 7) is 2.21. The molecule has 1 unspecified atom stereocenters. The van der Waals surface area contributed by atoms with Gasteiger partial charge in [0.05, 0.1) is 0 Å². The minimum atomic E-state index is 0. The van der Waals surface area contributed by atoms with Crippen molar-refractivity contribution >= 4 is 23.5 Å². The molecule has 1 radical (unpaired) electrons. The van der Waals surface area contributed by atoms with Gasteiger partial charge in [0.1, 0.15) is 0 Å². The van der Waals surface area contributed by atoms with Gasteiger partial charge in [-0.05, 0) is 6.92 Å². The van der Waals surface area contributed by atoms with Crippen molar-refractivity contribution in [3.63, 3.8) is 0 Å². The van der Waals surface area contributed by atoms with Gasteiger partial charge in [-0.15, -0.1) is 5.75 Å². The quantitative estimate of drug-likeness (QED) is 0.573. The van der Waals surface area contributed by atoms with Crippen molar-refractivity contribution in [2.45, 2.75) is 11.5 Å². The van der Waals surface area contributed by atoms with Crippen LogP contribution in [0.25, 0.3) is 0 Å². The molecule has 0 amide bonds. The minimum absolute atomic E-state index is 0. The van der Waals surface area contributed by atoms with E-state index in [0.717, 1.165) is 10.3 Å². The van der Waals surface area contributed by atoms with Crippen molar-refractivity contribution in [3.05, 3.63) is 11.5 Å². The maximum Gasteiger partial charge on any atom is 0.0462 e. The third-order valence-corrected chi connectivity index (χ3v) is 2.97. The Morgan fingerprint density at radius 1 is 1.75 bits per heavy atom. The van der Waals surface area contributed by atoms with E-state index in [2.05, 4.69) is 18.4 Å². The standard InChI is InChI=1S/C5H7S2.Y/c1-5-6-3-2-4-7-5;/h3,5H,4H2,1H3;/q-1;. The summed E-state index contributed by atoms with van der Waals surface area (Å²) in [5.74, 6) is 1.08. The van der Waals surface area contributed by atoms with Gasteiger partial charge in [-0.1, -0.05) is 0 Å². The fraction of sp³-hybridized carbons (Fsp3) is 0.600. The van der Waals surface area contributed by atoms with Gasteiger partial charge >= 0.3 is 0 Å². The third-order valence-electron chi connectivity index (χ3n) is 0.744. The first-order valence-corrected chi connectivity index (χ1v) is 4.21. The van der Waals surface area contributed by atoms with E-state index in [-0.39, 0.29) is 32.7 Å². The number of rotatable bonds is 0. The molecule has 0 N–H and O–H groups in total. The predicted molar refractivity (Wildman–Crippen MR) is 37.3 cm³/mol. The summed E-state index contributed by atoms with van der Waals surface area (Å²) in [6.07, 6.45) is 3.12. The van der Waals surface area contributed by atoms with E-state index in [9.17, 15) is 0 Å². The SMILES string of the molecule is CC1SC=[C-]CS1.[Y]. The van der Waals surface area contributed by atoms with Crippen molar-refractivity contribution in [2.75, 3.05) is 5.75 Å². The zero-order valence-electron chi connectivity index (χ0n) is 4.76. The normalized spacial score (nSPS) is 26.9. The average molecular weight is 220 g/mol. The van der Waals surface area contributed by atoms with Crippen LogP contribution in [0.3, 0.4) is 0 Å². The molecule has 0 aromatic heterocycles. The molecule has 3 heteroatoms. The molecule has 43 valence electrons. The van der Waals surface area contributed by atoms with Gasteiger partial charge in [0.15, 0.2) is 0 Å². The number of thioether (sulfide) groups is 2. The Bertz CT molecular complexity index is 82.5. The van der Waals surface area contributed by atoms with Crippen molar-refractivity contribution in [1.29, 1.82) is 0 Å². The molecule has 0 aromatic rings. The molecule has 0 fully saturated rings. The number of hydrogen-bond acceptors (Lipinski definition) is 2. The molecule has 1 aliphatic heterocycles. The van der Waals surface area contributed by atoms with Crippen LogP contribution in [0.2, 0.25) is 0 Å². The Morgan fingerprint density at radius 2 is 2.50 bits per heavy atom. The van der Waals surface area contributed by atoms with Gasteiger partial charge in [0, 0.05) is 37.3 Å². The largest absolute Gasteiger partial charge is 0.480 e. The Labute approximate surface area is 84.1 Å². The molecule has 0 saturated carbocycles. The zero-order valence-corrected chi connectivity index (χ0v) is 9.23. The molecule has 0 nitrogen and oxygen atoms in total. The Morgan fingerprint density at radius 3 is 2.75 bits per heavy atom. The Hall–Kier alpha value is 1.54. The molecule has 1 heterocycles. The van der Waals surface area contributed by atoms with Crippen LogP contribution < -0.4 is 0 Å². The van der Waals surface area contributed by atoms with Crippen molar-refractivity contribution in [2.24, 2.45) is 0 Å². The van der Waals surface area contributed by atoms with Crippen LogP contribution in [0.5, 0.6) is 0 Å². The first-order chi connectivity index (χ1) is 3.39. The van der Waals surface area contributed by atoms with Gasteiger partial charge in [-0.2, -0.15) is 23.5 Å². The summed E-state index contributed by atoms with van der Waals surface area (Å²) in [5.41, 5.74) is 0. The second kappa shape index (κ2) is 5.34. The summed E-state index contributed by atoms with van der Waals surface area (Å²) < 4.78 is 0.751. The first kappa shape index (κ1) is 9.54. The van der Waals surface area contributed by atoms with Crippen LogP contribution >= 0.6 is 23.5 Å². The van der Waals surface area contributed by atoms with Crippen LogP contribution in [0.1, 0.15) is 6.92 Å². The topological polar surface area (TPSA) is 0 Å². The average Bonchev–Trinajstić information content (AvgIpc) is 1.69. The maximum absolute atomic E-state index is 3.12. The third kappa shape index (κ3) is 3.55. The Kier molecular flexibility index (Phi) is 6.37. The summed E-state index contributed by atoms with van der Waals surface area (Å²) in [5, 5.41) is 2.06. The van der Waals surface area contributed by atoms with Gasteiger partial charge in [-0.25, -0.2) is 5.41 Å². The van der Waals surface area contributed by atoms with Crippen LogP contribution in [0.15, 0.2) is 5.41 Å². The summed E-state index contributed by atoms with van der Waals surface area (Å²) in [6, 6.07) is 0. The van der Waals surface area contributed by atoms with Gasteiger partial charge in [-0.3, -0.25) is 0 Å². The van der Waals surface area contributed by atoms with Gasteiger partial charge < -0.3 is 6.08 Å². The molecular formula is C5H7S2Y-. The smallest absolute Gasteiger partial charge is 0.0462 e. The first-order valence-electron chi connectivity index (χ1n) is 2.22. The fourth-order valence-corrected chi connectivity index (χ4v) is 1.96. The molecule has 0 saturated heterocycles. The minimum Gasteiger partial charge on any atom is -0.480 e. The van der Waals surface area contributed by atoms with E-state index in [1.54, 1.807) is 0 Å². The van der Waals surface area contributed by atoms with E-state index in [1.165, 1.54) is 0 Å². The van der Waals surface area contributed by atoms with E-state index < -0.39 is 0 Å². The van der Waals surface area contributed by atoms with Crippen LogP contribution in [0, 0.1) is 6.08 Å². The predicted octanol–water partition coefficient (Wildman–Crippen LogP) is 2.13. The molecule has 1 atom stereocenters. The van der Waals surface area contributed by atoms with Crippen LogP contribution in [-0.2, 0) is 32.7 Å². The monoisotopic (exact) mass is 220 g/mol. The van der Waals surface area contributed by atoms with Crippen molar-refractivity contribution in [1.82, 2.24) is 0 Å². The zero-order chi connectivity index (χ0) is 5.11. The van der Waals surface area contributed by atoms with E-state index >= 15 is 0 Å². The van der Waals surface area contributed by atoms with E-state index in [1.807, 2.05) is 23.5 Å². The molecule has 1 rings (SSSR count). The molecule has 0 aliphatic carbocycles. The molecule has 0 aromatic carbocycles. The van der Waals surface area contributed by atoms with Gasteiger partial charge in [0.25, 0.3) is 0 Å². The molecule has 1 aliphatic rings. The Balaban J connectivity index is 0.000000490. The molecule has 8 heavy (non-hydrogen) atoms. The van der Waals surface area contributed by atoms with Crippen molar-refractivity contribution in [3.8, 4) is 0 Å². The summed E-state index contributed by atoms with van der Waals surface area (Å²) in [4.78, 5) is 0. The second-order valence-electron chi connectivity index (χ2n) is 1.34. The van der Waals surface area contributed by atoms with E-state index in [0.29, 0.717) is 0 Å². The van der Waals surface area contributed by atoms with Crippen molar-refractivity contribution < 1.29 is 32.7 Å². The molecule has 0 bridgehead atoms. The molecular weight excluding hydrogens is 213 g/mol. The fourth-order valence-electron chi connectivity index (χ4n) is 0.383. The maximum atomic E-state index is 3.12. The second-order valence-corrected chi connectivity index (χ2v) is 4.18. The van der Waals surface area contributed by atoms with Gasteiger partial charge in [0.2, 0.25) is 0 Å². The summed E-state index contributed by atoms with van der Waals surface area (Å²) >= 11 is 3.78. The summed E-state index contributed by atoms with van der Waals surface area (Å²) in [7, 11) is 0. The molecule has 0 spiro atoms. The van der Waals surface area contributed by atoms with Crippen LogP contribution in [0.4, 0.5) is 0 Å². The van der Waals surface area contributed by atoms with Crippen LogP contribution in [-0.4, -0.2) is 10.3 Å². The number of hydrogen-bond donors (Lipinski definition) is 0. The van der Waals surface area contributed by atoms with E-state index in [4.69, 9.17) is 0 Å².